The highest BCUT2D eigenvalue weighted by Crippen LogP contribution is 2.26. The number of aryl methyl sites for hydroxylation is 1. The number of hydrogen-bond acceptors (Lipinski definition) is 5. The highest BCUT2D eigenvalue weighted by atomic mass is 16.6. The predicted molar refractivity (Wildman–Crippen MR) is 73.9 cm³/mol. The highest BCUT2D eigenvalue weighted by Gasteiger charge is 2.19. The van der Waals surface area contributed by atoms with E-state index in [4.69, 9.17) is 0 Å². The maximum atomic E-state index is 10.9. The fourth-order valence-corrected chi connectivity index (χ4v) is 1.68. The van der Waals surface area contributed by atoms with E-state index in [9.17, 15) is 10.1 Å². The number of aromatic nitrogens is 2. The summed E-state index contributed by atoms with van der Waals surface area (Å²) >= 11 is 0. The molecule has 7 nitrogen and oxygen atoms in total. The van der Waals surface area contributed by atoms with Crippen molar-refractivity contribution in [2.45, 2.75) is 0 Å². The van der Waals surface area contributed by atoms with Crippen LogP contribution in [0.3, 0.4) is 0 Å². The molecule has 2 aromatic rings. The first kappa shape index (κ1) is 12.9. The number of anilines is 3. The second kappa shape index (κ2) is 4.97. The van der Waals surface area contributed by atoms with Crippen LogP contribution in [0.15, 0.2) is 30.6 Å². The number of nitrogens with one attached hydrogen (secondary N) is 1. The lowest BCUT2D eigenvalue weighted by Crippen LogP contribution is -2.08. The molecular formula is C12H15N5O2. The first-order valence-corrected chi connectivity index (χ1v) is 5.69. The van der Waals surface area contributed by atoms with Crippen molar-refractivity contribution in [1.82, 2.24) is 9.55 Å². The van der Waals surface area contributed by atoms with Crippen molar-refractivity contribution < 1.29 is 4.92 Å². The fourth-order valence-electron chi connectivity index (χ4n) is 1.68. The molecule has 0 fully saturated rings. The number of nitrogens with zero attached hydrogens (tertiary/aromatic N) is 4. The van der Waals surface area contributed by atoms with Gasteiger partial charge in [-0.25, -0.2) is 0 Å². The average Bonchev–Trinajstić information content (AvgIpc) is 2.72. The first-order chi connectivity index (χ1) is 8.99. The molecule has 1 aromatic carbocycles. The van der Waals surface area contributed by atoms with Gasteiger partial charge in [-0.1, -0.05) is 0 Å². The van der Waals surface area contributed by atoms with Gasteiger partial charge in [0.05, 0.1) is 0 Å². The van der Waals surface area contributed by atoms with Crippen molar-refractivity contribution >= 4 is 23.0 Å². The van der Waals surface area contributed by atoms with Crippen LogP contribution in [-0.2, 0) is 7.05 Å². The van der Waals surface area contributed by atoms with E-state index in [0.29, 0.717) is 5.82 Å². The molecule has 0 unspecified atom stereocenters. The van der Waals surface area contributed by atoms with Crippen molar-refractivity contribution in [3.63, 3.8) is 0 Å². The van der Waals surface area contributed by atoms with Crippen LogP contribution in [0.1, 0.15) is 0 Å². The normalized spacial score (nSPS) is 10.3. The first-order valence-electron chi connectivity index (χ1n) is 5.69. The summed E-state index contributed by atoms with van der Waals surface area (Å²) in [5.74, 6) is 0.182. The largest absolute Gasteiger partial charge is 0.406 e. The van der Waals surface area contributed by atoms with Gasteiger partial charge in [0.15, 0.2) is 0 Å². The molecule has 0 bridgehead atoms. The van der Waals surface area contributed by atoms with Crippen LogP contribution in [0.25, 0.3) is 0 Å². The van der Waals surface area contributed by atoms with E-state index in [1.54, 1.807) is 11.6 Å². The van der Waals surface area contributed by atoms with Gasteiger partial charge >= 0.3 is 5.82 Å². The summed E-state index contributed by atoms with van der Waals surface area (Å²) < 4.78 is 1.58. The van der Waals surface area contributed by atoms with Gasteiger partial charge in [-0.3, -0.25) is 4.57 Å². The molecule has 0 saturated heterocycles. The Bertz CT molecular complexity index is 589. The number of benzene rings is 1. The van der Waals surface area contributed by atoms with Gasteiger partial charge in [0.25, 0.3) is 0 Å². The molecule has 2 rings (SSSR count). The van der Waals surface area contributed by atoms with Crippen LogP contribution in [0.2, 0.25) is 0 Å². The minimum atomic E-state index is -0.503. The van der Waals surface area contributed by atoms with Crippen molar-refractivity contribution in [3.05, 3.63) is 40.7 Å². The minimum absolute atomic E-state index is 0.181. The van der Waals surface area contributed by atoms with Crippen molar-refractivity contribution in [2.24, 2.45) is 7.05 Å². The number of hydrogen-bond donors (Lipinski definition) is 1. The molecule has 1 N–H and O–H groups in total. The third-order valence-electron chi connectivity index (χ3n) is 2.74. The van der Waals surface area contributed by atoms with E-state index in [-0.39, 0.29) is 5.82 Å². The quantitative estimate of drug-likeness (QED) is 0.674. The summed E-state index contributed by atoms with van der Waals surface area (Å²) in [6.07, 6.45) is 1.41. The number of rotatable bonds is 4. The van der Waals surface area contributed by atoms with Gasteiger partial charge in [0.2, 0.25) is 12.1 Å². The lowest BCUT2D eigenvalue weighted by Gasteiger charge is -2.13. The van der Waals surface area contributed by atoms with Crippen LogP contribution >= 0.6 is 0 Å². The third kappa shape index (κ3) is 2.65. The Balaban J connectivity index is 2.26. The summed E-state index contributed by atoms with van der Waals surface area (Å²) in [6.45, 7) is 0. The van der Waals surface area contributed by atoms with E-state index >= 15 is 0 Å². The van der Waals surface area contributed by atoms with Gasteiger partial charge in [-0.05, 0) is 34.2 Å². The molecule has 0 spiro atoms. The standard InChI is InChI=1S/C12H15N5O2/c1-15(2)10-6-4-9(5-7-10)14-12-11(17(18)19)13-8-16(12)3/h4-8,14H,1-3H3. The molecule has 1 aromatic heterocycles. The topological polar surface area (TPSA) is 76.2 Å². The Morgan fingerprint density at radius 2 is 1.95 bits per heavy atom. The second-order valence-corrected chi connectivity index (χ2v) is 4.35. The average molecular weight is 261 g/mol. The van der Waals surface area contributed by atoms with Crippen molar-refractivity contribution in [3.8, 4) is 0 Å². The molecule has 0 saturated carbocycles. The SMILES string of the molecule is CN(C)c1ccc(Nc2c([N+](=O)[O-])ncn2C)cc1. The molecule has 0 radical (unpaired) electrons. The van der Waals surface area contributed by atoms with Gasteiger partial charge in [0, 0.05) is 32.5 Å². The Kier molecular flexibility index (Phi) is 3.37. The monoisotopic (exact) mass is 261 g/mol. The molecule has 0 aliphatic carbocycles. The summed E-state index contributed by atoms with van der Waals surface area (Å²) in [7, 11) is 5.61. The van der Waals surface area contributed by atoms with Crippen molar-refractivity contribution in [2.75, 3.05) is 24.3 Å². The van der Waals surface area contributed by atoms with E-state index in [0.717, 1.165) is 11.4 Å². The molecule has 0 atom stereocenters. The summed E-state index contributed by atoms with van der Waals surface area (Å²) in [5, 5.41) is 13.9. The van der Waals surface area contributed by atoms with Crippen LogP contribution in [0.5, 0.6) is 0 Å². The van der Waals surface area contributed by atoms with E-state index < -0.39 is 4.92 Å². The number of imidazole rings is 1. The van der Waals surface area contributed by atoms with Gasteiger partial charge < -0.3 is 20.3 Å². The molecule has 100 valence electrons. The summed E-state index contributed by atoms with van der Waals surface area (Å²) in [6, 6.07) is 7.60. The summed E-state index contributed by atoms with van der Waals surface area (Å²) in [4.78, 5) is 16.1. The molecular weight excluding hydrogens is 246 g/mol. The van der Waals surface area contributed by atoms with Crippen molar-refractivity contribution in [1.29, 1.82) is 0 Å². The van der Waals surface area contributed by atoms with E-state index in [1.165, 1.54) is 6.33 Å². The Labute approximate surface area is 110 Å². The van der Waals surface area contributed by atoms with Crippen LogP contribution < -0.4 is 10.2 Å². The number of nitro groups is 1. The van der Waals surface area contributed by atoms with E-state index in [1.807, 2.05) is 43.3 Å². The van der Waals surface area contributed by atoms with Gasteiger partial charge in [-0.15, -0.1) is 0 Å². The zero-order chi connectivity index (χ0) is 14.0. The zero-order valence-electron chi connectivity index (χ0n) is 11.0. The maximum absolute atomic E-state index is 10.9. The molecule has 1 heterocycles. The summed E-state index contributed by atoms with van der Waals surface area (Å²) in [5.41, 5.74) is 1.84. The predicted octanol–water partition coefficient (Wildman–Crippen LogP) is 2.14. The third-order valence-corrected chi connectivity index (χ3v) is 2.74. The fraction of sp³-hybridized carbons (Fsp3) is 0.250. The second-order valence-electron chi connectivity index (χ2n) is 4.35. The molecule has 0 aliphatic heterocycles. The molecule has 19 heavy (non-hydrogen) atoms. The molecule has 0 amide bonds. The Morgan fingerprint density at radius 1 is 1.32 bits per heavy atom. The Morgan fingerprint density at radius 3 is 2.47 bits per heavy atom. The van der Waals surface area contributed by atoms with Crippen LogP contribution in [0, 0.1) is 10.1 Å². The van der Waals surface area contributed by atoms with Crippen LogP contribution in [-0.4, -0.2) is 28.6 Å². The lowest BCUT2D eigenvalue weighted by atomic mass is 10.2. The smallest absolute Gasteiger partial charge is 0.378 e. The Hall–Kier alpha value is -2.57. The van der Waals surface area contributed by atoms with Gasteiger partial charge in [-0.2, -0.15) is 0 Å². The highest BCUT2D eigenvalue weighted by molar-refractivity contribution is 5.65. The molecule has 0 aliphatic rings. The zero-order valence-corrected chi connectivity index (χ0v) is 11.0. The van der Waals surface area contributed by atoms with Crippen LogP contribution in [0.4, 0.5) is 23.0 Å². The van der Waals surface area contributed by atoms with Gasteiger partial charge in [0.1, 0.15) is 0 Å². The lowest BCUT2D eigenvalue weighted by molar-refractivity contribution is -0.388. The minimum Gasteiger partial charge on any atom is -0.378 e. The maximum Gasteiger partial charge on any atom is 0.406 e. The molecule has 7 heteroatoms. The van der Waals surface area contributed by atoms with E-state index in [2.05, 4.69) is 10.3 Å².